The Kier molecular flexibility index (Phi) is 5.13. The van der Waals surface area contributed by atoms with Gasteiger partial charge in [-0.1, -0.05) is 24.3 Å². The summed E-state index contributed by atoms with van der Waals surface area (Å²) in [4.78, 5) is 12.1. The fourth-order valence-electron chi connectivity index (χ4n) is 4.91. The van der Waals surface area contributed by atoms with Crippen molar-refractivity contribution in [2.75, 3.05) is 13.2 Å². The molecule has 0 radical (unpaired) electrons. The number of allylic oxidation sites excluding steroid dienone is 2. The summed E-state index contributed by atoms with van der Waals surface area (Å²) in [7, 11) is 0. The van der Waals surface area contributed by atoms with Crippen LogP contribution in [0.1, 0.15) is 66.3 Å². The molecule has 2 aromatic carbocycles. The van der Waals surface area contributed by atoms with Gasteiger partial charge in [0.2, 0.25) is 0 Å². The van der Waals surface area contributed by atoms with Gasteiger partial charge in [0.1, 0.15) is 5.75 Å². The Morgan fingerprint density at radius 3 is 2.10 bits per heavy atom. The minimum Gasteiger partial charge on any atom is -0.494 e. The van der Waals surface area contributed by atoms with E-state index in [1.807, 2.05) is 0 Å². The zero-order chi connectivity index (χ0) is 19.6. The molecular weight excluding hydrogens is 360 g/mol. The van der Waals surface area contributed by atoms with Gasteiger partial charge in [-0.15, -0.1) is 0 Å². The van der Waals surface area contributed by atoms with Gasteiger partial charge in [-0.3, -0.25) is 4.79 Å². The highest BCUT2D eigenvalue weighted by Gasteiger charge is 2.25. The predicted molar refractivity (Wildman–Crippen MR) is 115 cm³/mol. The standard InChI is InChI=1S/C26H28O3/c27-26-13-5-18-4-6-19-8-11-22(24(19)16-18)23-12-9-20-7-10-21(17-25(20)23)28-14-2-1-3-15-29-26/h4,6-7,10,16-17H,1-3,5,8-9,11-15H2/b23-22-. The second-order valence-electron chi connectivity index (χ2n) is 8.40. The second kappa shape index (κ2) is 8.06. The minimum atomic E-state index is -0.0862. The number of hydrogen-bond donors (Lipinski definition) is 0. The van der Waals surface area contributed by atoms with Gasteiger partial charge in [0, 0.05) is 6.42 Å². The summed E-state index contributed by atoms with van der Waals surface area (Å²) in [5.74, 6) is 0.889. The number of ether oxygens (including phenoxy) is 2. The third-order valence-corrected chi connectivity index (χ3v) is 6.50. The SMILES string of the molecule is O=C1CCc2ccc3c(c2)/C(=C2/CCc4ccc(cc42)OCCCCCO1)CC3. The van der Waals surface area contributed by atoms with Crippen molar-refractivity contribution >= 4 is 17.1 Å². The first-order valence-corrected chi connectivity index (χ1v) is 11.0. The molecule has 0 amide bonds. The van der Waals surface area contributed by atoms with E-state index in [1.165, 1.54) is 39.0 Å². The Hall–Kier alpha value is -2.55. The first kappa shape index (κ1) is 18.5. The number of cyclic esters (lactones) is 1. The highest BCUT2D eigenvalue weighted by atomic mass is 16.5. The van der Waals surface area contributed by atoms with E-state index < -0.39 is 0 Å². The third kappa shape index (κ3) is 3.83. The summed E-state index contributed by atoms with van der Waals surface area (Å²) in [5, 5.41) is 0. The Morgan fingerprint density at radius 1 is 0.621 bits per heavy atom. The molecule has 150 valence electrons. The summed E-state index contributed by atoms with van der Waals surface area (Å²) in [5.41, 5.74) is 9.91. The van der Waals surface area contributed by atoms with Crippen molar-refractivity contribution < 1.29 is 14.3 Å². The van der Waals surface area contributed by atoms with Crippen LogP contribution in [0, 0.1) is 0 Å². The molecule has 3 heteroatoms. The molecule has 4 bridgehead atoms. The number of rotatable bonds is 0. The molecule has 0 saturated carbocycles. The molecule has 2 aliphatic carbocycles. The zero-order valence-corrected chi connectivity index (χ0v) is 17.0. The van der Waals surface area contributed by atoms with Crippen LogP contribution in [0.25, 0.3) is 11.1 Å². The van der Waals surface area contributed by atoms with Crippen LogP contribution in [-0.4, -0.2) is 19.2 Å². The highest BCUT2D eigenvalue weighted by molar-refractivity contribution is 5.96. The van der Waals surface area contributed by atoms with E-state index in [-0.39, 0.29) is 5.97 Å². The van der Waals surface area contributed by atoms with Gasteiger partial charge >= 0.3 is 5.97 Å². The lowest BCUT2D eigenvalue weighted by Gasteiger charge is -2.13. The van der Waals surface area contributed by atoms with Gasteiger partial charge in [0.15, 0.2) is 0 Å². The van der Waals surface area contributed by atoms with Crippen LogP contribution in [-0.2, 0) is 28.8 Å². The third-order valence-electron chi connectivity index (χ3n) is 6.50. The molecule has 3 aliphatic rings. The van der Waals surface area contributed by atoms with Gasteiger partial charge in [0.05, 0.1) is 13.2 Å². The quantitative estimate of drug-likeness (QED) is 0.557. The van der Waals surface area contributed by atoms with Gasteiger partial charge in [0.25, 0.3) is 0 Å². The summed E-state index contributed by atoms with van der Waals surface area (Å²) in [6.45, 7) is 1.23. The Morgan fingerprint density at radius 2 is 1.31 bits per heavy atom. The molecule has 29 heavy (non-hydrogen) atoms. The fourth-order valence-corrected chi connectivity index (χ4v) is 4.91. The van der Waals surface area contributed by atoms with Crippen molar-refractivity contribution in [3.05, 3.63) is 64.2 Å². The molecule has 5 rings (SSSR count). The monoisotopic (exact) mass is 388 g/mol. The molecule has 3 nitrogen and oxygen atoms in total. The van der Waals surface area contributed by atoms with Crippen LogP contribution in [0.15, 0.2) is 36.4 Å². The van der Waals surface area contributed by atoms with E-state index in [0.29, 0.717) is 19.6 Å². The smallest absolute Gasteiger partial charge is 0.306 e. The van der Waals surface area contributed by atoms with E-state index in [0.717, 1.165) is 57.1 Å². The molecule has 0 fully saturated rings. The Balaban J connectivity index is 1.53. The number of aryl methyl sites for hydroxylation is 3. The van der Waals surface area contributed by atoms with E-state index in [4.69, 9.17) is 9.47 Å². The molecule has 0 spiro atoms. The lowest BCUT2D eigenvalue weighted by Crippen LogP contribution is -2.08. The highest BCUT2D eigenvalue weighted by Crippen LogP contribution is 2.44. The molecule has 0 N–H and O–H groups in total. The van der Waals surface area contributed by atoms with Crippen LogP contribution in [0.4, 0.5) is 0 Å². The second-order valence-corrected chi connectivity index (χ2v) is 8.40. The van der Waals surface area contributed by atoms with E-state index in [9.17, 15) is 4.79 Å². The van der Waals surface area contributed by atoms with Gasteiger partial charge < -0.3 is 9.47 Å². The summed E-state index contributed by atoms with van der Waals surface area (Å²) < 4.78 is 11.4. The van der Waals surface area contributed by atoms with Gasteiger partial charge in [-0.05, 0) is 102 Å². The van der Waals surface area contributed by atoms with Crippen LogP contribution >= 0.6 is 0 Å². The summed E-state index contributed by atoms with van der Waals surface area (Å²) in [6, 6.07) is 13.4. The average molecular weight is 389 g/mol. The van der Waals surface area contributed by atoms with E-state index >= 15 is 0 Å². The number of fused-ring (bicyclic) bond motifs is 2. The molecule has 1 heterocycles. The van der Waals surface area contributed by atoms with Crippen molar-refractivity contribution in [3.8, 4) is 5.75 Å². The maximum atomic E-state index is 12.1. The van der Waals surface area contributed by atoms with Crippen molar-refractivity contribution in [2.45, 2.75) is 57.8 Å². The van der Waals surface area contributed by atoms with Gasteiger partial charge in [-0.2, -0.15) is 0 Å². The number of carbonyl (C=O) groups is 1. The summed E-state index contributed by atoms with van der Waals surface area (Å²) in [6.07, 6.45) is 8.56. The molecule has 0 saturated heterocycles. The zero-order valence-electron chi connectivity index (χ0n) is 17.0. The molecule has 0 aromatic heterocycles. The molecular formula is C26H28O3. The van der Waals surface area contributed by atoms with Gasteiger partial charge in [-0.25, -0.2) is 0 Å². The molecule has 1 aliphatic heterocycles. The lowest BCUT2D eigenvalue weighted by molar-refractivity contribution is -0.143. The lowest BCUT2D eigenvalue weighted by atomic mass is 9.95. The largest absolute Gasteiger partial charge is 0.494 e. The normalized spacial score (nSPS) is 21.9. The number of hydrogen-bond acceptors (Lipinski definition) is 3. The van der Waals surface area contributed by atoms with Crippen molar-refractivity contribution in [1.82, 2.24) is 0 Å². The van der Waals surface area contributed by atoms with Crippen LogP contribution in [0.5, 0.6) is 5.75 Å². The first-order valence-electron chi connectivity index (χ1n) is 11.0. The number of benzene rings is 2. The van der Waals surface area contributed by atoms with E-state index in [1.54, 1.807) is 0 Å². The number of carbonyl (C=O) groups excluding carboxylic acids is 1. The Labute approximate surface area is 172 Å². The number of esters is 1. The minimum absolute atomic E-state index is 0.0862. The van der Waals surface area contributed by atoms with Crippen LogP contribution in [0.3, 0.4) is 0 Å². The van der Waals surface area contributed by atoms with E-state index in [2.05, 4.69) is 36.4 Å². The van der Waals surface area contributed by atoms with Crippen molar-refractivity contribution in [1.29, 1.82) is 0 Å². The van der Waals surface area contributed by atoms with Crippen LogP contribution in [0.2, 0.25) is 0 Å². The maximum Gasteiger partial charge on any atom is 0.306 e. The predicted octanol–water partition coefficient (Wildman–Crippen LogP) is 5.53. The maximum absolute atomic E-state index is 12.1. The average Bonchev–Trinajstić information content (AvgIpc) is 3.34. The molecule has 2 aromatic rings. The Bertz CT molecular complexity index is 970. The molecule has 0 atom stereocenters. The van der Waals surface area contributed by atoms with Crippen LogP contribution < -0.4 is 4.74 Å². The van der Waals surface area contributed by atoms with Crippen molar-refractivity contribution in [2.24, 2.45) is 0 Å². The van der Waals surface area contributed by atoms with Crippen molar-refractivity contribution in [3.63, 3.8) is 0 Å². The fraction of sp³-hybridized carbons (Fsp3) is 0.423. The molecule has 0 unspecified atom stereocenters. The topological polar surface area (TPSA) is 35.5 Å². The first-order chi connectivity index (χ1) is 14.3. The summed E-state index contributed by atoms with van der Waals surface area (Å²) >= 11 is 0.